The van der Waals surface area contributed by atoms with Crippen LogP contribution in [-0.4, -0.2) is 36.0 Å². The summed E-state index contributed by atoms with van der Waals surface area (Å²) < 4.78 is 4.94. The monoisotopic (exact) mass is 369 g/mol. The maximum Gasteiger partial charge on any atom is 0.151 e. The Kier molecular flexibility index (Phi) is 17.3. The van der Waals surface area contributed by atoms with E-state index in [1.54, 1.807) is 13.2 Å². The minimum atomic E-state index is 0.0417. The second kappa shape index (κ2) is 16.5. The van der Waals surface area contributed by atoms with E-state index >= 15 is 0 Å². The van der Waals surface area contributed by atoms with Crippen LogP contribution in [0.5, 0.6) is 0 Å². The van der Waals surface area contributed by atoms with Crippen LogP contribution in [0.4, 0.5) is 0 Å². The first kappa shape index (κ1) is 26.2. The number of carbonyl (C=O) groups is 1. The summed E-state index contributed by atoms with van der Waals surface area (Å²) in [5.74, 6) is 1.19. The lowest BCUT2D eigenvalue weighted by atomic mass is 10.1. The molecule has 0 spiro atoms. The van der Waals surface area contributed by atoms with Crippen molar-refractivity contribution in [2.24, 2.45) is 0 Å². The lowest BCUT2D eigenvalue weighted by Gasteiger charge is -2.14. The zero-order chi connectivity index (χ0) is 19.7. The van der Waals surface area contributed by atoms with E-state index in [0.29, 0.717) is 0 Å². The highest BCUT2D eigenvalue weighted by Crippen LogP contribution is 2.13. The smallest absolute Gasteiger partial charge is 0.151 e. The van der Waals surface area contributed by atoms with Gasteiger partial charge in [-0.25, -0.2) is 0 Å². The van der Waals surface area contributed by atoms with E-state index in [-0.39, 0.29) is 5.60 Å². The SMILES string of the molecule is C=Cc1cc(C=O)c(CCCCSC)[nH]1.CCCC.COC(C)(C)C. The van der Waals surface area contributed by atoms with E-state index in [4.69, 9.17) is 4.74 Å². The third kappa shape index (κ3) is 16.2. The molecule has 1 rings (SSSR count). The number of H-pyrrole nitrogens is 1. The standard InChI is InChI=1S/C12H17NOS.C5H12O.C4H10/c1-3-11-8-10(9-14)12(13-11)6-4-5-7-15-2;1-5(2,3)6-4;1-3-4-2/h3,8-9,13H,1,4-7H2,2H3;1-4H3;3-4H2,1-2H3. The molecule has 0 aromatic carbocycles. The maximum absolute atomic E-state index is 10.8. The second-order valence-corrected chi connectivity index (χ2v) is 7.73. The zero-order valence-electron chi connectivity index (χ0n) is 17.4. The highest BCUT2D eigenvalue weighted by atomic mass is 32.2. The number of unbranched alkanes of at least 4 members (excludes halogenated alkanes) is 2. The summed E-state index contributed by atoms with van der Waals surface area (Å²) in [6.07, 6.45) is 10.7. The Balaban J connectivity index is 0. The molecule has 0 aliphatic carbocycles. The van der Waals surface area contributed by atoms with Crippen molar-refractivity contribution < 1.29 is 9.53 Å². The molecule has 0 radical (unpaired) electrons. The molecule has 3 nitrogen and oxygen atoms in total. The zero-order valence-corrected chi connectivity index (χ0v) is 18.2. The predicted octanol–water partition coefficient (Wildman–Crippen LogP) is 6.39. The van der Waals surface area contributed by atoms with Gasteiger partial charge in [-0.05, 0) is 64.2 Å². The number of hydrogen-bond donors (Lipinski definition) is 1. The van der Waals surface area contributed by atoms with Crippen LogP contribution in [0.1, 0.15) is 82.0 Å². The fourth-order valence-corrected chi connectivity index (χ4v) is 2.00. The van der Waals surface area contributed by atoms with Gasteiger partial charge in [0.15, 0.2) is 6.29 Å². The highest BCUT2D eigenvalue weighted by molar-refractivity contribution is 7.98. The number of ether oxygens (including phenoxy) is 1. The number of thioether (sulfide) groups is 1. The van der Waals surface area contributed by atoms with Crippen LogP contribution in [-0.2, 0) is 11.2 Å². The highest BCUT2D eigenvalue weighted by Gasteiger charge is 2.05. The van der Waals surface area contributed by atoms with E-state index < -0.39 is 0 Å². The van der Waals surface area contributed by atoms with Gasteiger partial charge in [0.25, 0.3) is 0 Å². The van der Waals surface area contributed by atoms with E-state index in [2.05, 4.69) is 31.7 Å². The normalized spacial score (nSPS) is 10.2. The fourth-order valence-electron chi connectivity index (χ4n) is 1.51. The summed E-state index contributed by atoms with van der Waals surface area (Å²) in [7, 11) is 1.71. The number of hydrogen-bond acceptors (Lipinski definition) is 3. The first-order valence-electron chi connectivity index (χ1n) is 9.13. The summed E-state index contributed by atoms with van der Waals surface area (Å²) >= 11 is 1.86. The van der Waals surface area contributed by atoms with Crippen molar-refractivity contribution in [1.29, 1.82) is 0 Å². The fraction of sp³-hybridized carbons (Fsp3) is 0.667. The molecule has 0 amide bonds. The van der Waals surface area contributed by atoms with Crippen LogP contribution in [0.25, 0.3) is 6.08 Å². The Bertz CT molecular complexity index is 445. The quantitative estimate of drug-likeness (QED) is 0.426. The van der Waals surface area contributed by atoms with Crippen LogP contribution >= 0.6 is 11.8 Å². The number of aromatic nitrogens is 1. The van der Waals surface area contributed by atoms with Crippen LogP contribution in [0.3, 0.4) is 0 Å². The van der Waals surface area contributed by atoms with Crippen molar-refractivity contribution in [3.63, 3.8) is 0 Å². The van der Waals surface area contributed by atoms with Crippen molar-refractivity contribution in [1.82, 2.24) is 4.98 Å². The third-order valence-corrected chi connectivity index (χ3v) is 4.14. The van der Waals surface area contributed by atoms with E-state index in [9.17, 15) is 4.79 Å². The van der Waals surface area contributed by atoms with E-state index in [0.717, 1.165) is 36.1 Å². The number of aldehydes is 1. The molecular formula is C21H39NO2S. The van der Waals surface area contributed by atoms with Gasteiger partial charge in [0.1, 0.15) is 0 Å². The van der Waals surface area contributed by atoms with Gasteiger partial charge in [0, 0.05) is 24.1 Å². The average Bonchev–Trinajstić information content (AvgIpc) is 3.01. The van der Waals surface area contributed by atoms with Crippen molar-refractivity contribution in [3.8, 4) is 0 Å². The van der Waals surface area contributed by atoms with Gasteiger partial charge in [-0.1, -0.05) is 33.3 Å². The second-order valence-electron chi connectivity index (χ2n) is 6.75. The summed E-state index contributed by atoms with van der Waals surface area (Å²) in [4.78, 5) is 14.0. The van der Waals surface area contributed by atoms with Gasteiger partial charge < -0.3 is 9.72 Å². The van der Waals surface area contributed by atoms with E-state index in [1.165, 1.54) is 25.0 Å². The van der Waals surface area contributed by atoms with Crippen molar-refractivity contribution in [2.45, 2.75) is 72.3 Å². The summed E-state index contributed by atoms with van der Waals surface area (Å²) in [5.41, 5.74) is 2.78. The van der Waals surface area contributed by atoms with Gasteiger partial charge in [0.2, 0.25) is 0 Å². The number of aryl methyl sites for hydroxylation is 1. The Hall–Kier alpha value is -1.00. The third-order valence-electron chi connectivity index (χ3n) is 3.44. The lowest BCUT2D eigenvalue weighted by molar-refractivity contribution is 0.0397. The molecule has 146 valence electrons. The molecule has 1 aromatic heterocycles. The first-order chi connectivity index (χ1) is 11.8. The molecule has 25 heavy (non-hydrogen) atoms. The molecular weight excluding hydrogens is 330 g/mol. The van der Waals surface area contributed by atoms with Gasteiger partial charge in [0.05, 0.1) is 5.60 Å². The van der Waals surface area contributed by atoms with Gasteiger partial charge in [-0.15, -0.1) is 0 Å². The Morgan fingerprint density at radius 3 is 2.16 bits per heavy atom. The molecule has 0 aliphatic rings. The van der Waals surface area contributed by atoms with Crippen LogP contribution < -0.4 is 0 Å². The molecule has 0 aliphatic heterocycles. The molecule has 4 heteroatoms. The molecule has 0 fully saturated rings. The Morgan fingerprint density at radius 2 is 1.80 bits per heavy atom. The van der Waals surface area contributed by atoms with Crippen molar-refractivity contribution >= 4 is 24.1 Å². The van der Waals surface area contributed by atoms with Gasteiger partial charge in [-0.3, -0.25) is 4.79 Å². The number of nitrogens with one attached hydrogen (secondary N) is 1. The summed E-state index contributed by atoms with van der Waals surface area (Å²) in [6, 6.07) is 1.85. The molecule has 0 bridgehead atoms. The predicted molar refractivity (Wildman–Crippen MR) is 115 cm³/mol. The molecule has 1 aromatic rings. The Labute approximate surface area is 160 Å². The van der Waals surface area contributed by atoms with Crippen LogP contribution in [0.15, 0.2) is 12.6 Å². The number of aromatic amines is 1. The van der Waals surface area contributed by atoms with Gasteiger partial charge in [-0.2, -0.15) is 11.8 Å². The van der Waals surface area contributed by atoms with Crippen LogP contribution in [0, 0.1) is 0 Å². The first-order valence-corrected chi connectivity index (χ1v) is 10.5. The summed E-state index contributed by atoms with van der Waals surface area (Å²) in [6.45, 7) is 14.1. The average molecular weight is 370 g/mol. The minimum absolute atomic E-state index is 0.0417. The Morgan fingerprint density at radius 1 is 1.24 bits per heavy atom. The molecule has 0 saturated heterocycles. The molecule has 0 saturated carbocycles. The maximum atomic E-state index is 10.8. The largest absolute Gasteiger partial charge is 0.379 e. The summed E-state index contributed by atoms with van der Waals surface area (Å²) in [5, 5.41) is 0. The molecule has 1 N–H and O–H groups in total. The van der Waals surface area contributed by atoms with Crippen molar-refractivity contribution in [2.75, 3.05) is 19.1 Å². The molecule has 0 atom stereocenters. The lowest BCUT2D eigenvalue weighted by Crippen LogP contribution is -2.15. The number of rotatable bonds is 8. The minimum Gasteiger partial charge on any atom is -0.379 e. The van der Waals surface area contributed by atoms with E-state index in [1.807, 2.05) is 38.6 Å². The number of methoxy groups -OCH3 is 1. The molecule has 1 heterocycles. The van der Waals surface area contributed by atoms with Crippen molar-refractivity contribution in [3.05, 3.63) is 29.6 Å². The number of carbonyl (C=O) groups excluding carboxylic acids is 1. The topological polar surface area (TPSA) is 42.1 Å². The van der Waals surface area contributed by atoms with Gasteiger partial charge >= 0.3 is 0 Å². The molecule has 0 unspecified atom stereocenters. The van der Waals surface area contributed by atoms with Crippen LogP contribution in [0.2, 0.25) is 0 Å².